The number of carbonyl (C=O) groups excluding carboxylic acids is 12. The van der Waals surface area contributed by atoms with Gasteiger partial charge in [-0.05, 0) is 70.6 Å². The van der Waals surface area contributed by atoms with Crippen LogP contribution in [0.2, 0.25) is 0 Å². The Bertz CT molecular complexity index is 2940. The fraction of sp³-hybridized carbons (Fsp3) is 0.818. The monoisotopic (exact) mass is 1690 g/mol. The lowest BCUT2D eigenvalue weighted by Crippen LogP contribution is -2.64. The van der Waals surface area contributed by atoms with E-state index in [-0.39, 0.29) is 203 Å². The van der Waals surface area contributed by atoms with Crippen molar-refractivity contribution in [3.63, 3.8) is 0 Å². The molecule has 0 aliphatic carbocycles. The Morgan fingerprint density at radius 3 is 1.14 bits per heavy atom. The molecule has 118 heavy (non-hydrogen) atoms. The molecular formula is C77H133N11O30. The van der Waals surface area contributed by atoms with Crippen LogP contribution in [0.5, 0.6) is 0 Å². The highest BCUT2D eigenvalue weighted by Gasteiger charge is 2.49. The average Bonchev–Trinajstić information content (AvgIpc) is 0.985. The third kappa shape index (κ3) is 41.4. The van der Waals surface area contributed by atoms with Crippen LogP contribution < -0.4 is 53.2 Å². The van der Waals surface area contributed by atoms with Gasteiger partial charge in [-0.1, -0.05) is 44.9 Å². The number of rotatable bonds is 64. The van der Waals surface area contributed by atoms with Gasteiger partial charge in [0.15, 0.2) is 12.6 Å². The van der Waals surface area contributed by atoms with Crippen LogP contribution >= 0.6 is 0 Å². The van der Waals surface area contributed by atoms with Crippen LogP contribution in [0.15, 0.2) is 12.2 Å². The van der Waals surface area contributed by atoms with Crippen molar-refractivity contribution >= 4 is 70.9 Å². The third-order valence-electron chi connectivity index (χ3n) is 19.6. The zero-order valence-electron chi connectivity index (χ0n) is 68.5. The van der Waals surface area contributed by atoms with Crippen LogP contribution in [0.25, 0.3) is 0 Å². The normalized spacial score (nSPS) is 23.7. The summed E-state index contributed by atoms with van der Waals surface area (Å²) in [5.41, 5.74) is -1.43. The van der Waals surface area contributed by atoms with Crippen LogP contribution in [0.3, 0.4) is 0 Å². The van der Waals surface area contributed by atoms with Gasteiger partial charge in [-0.2, -0.15) is 0 Å². The second-order valence-corrected chi connectivity index (χ2v) is 29.9. The number of amides is 12. The summed E-state index contributed by atoms with van der Waals surface area (Å²) in [6.07, 6.45) is -1.06. The molecule has 0 aromatic heterocycles. The zero-order chi connectivity index (χ0) is 86.7. The summed E-state index contributed by atoms with van der Waals surface area (Å²) in [5.74, 6) is -6.19. The van der Waals surface area contributed by atoms with Gasteiger partial charge in [-0.15, -0.1) is 0 Å². The number of carbonyl (C=O) groups is 12. The van der Waals surface area contributed by atoms with E-state index in [4.69, 9.17) is 42.6 Å². The molecule has 0 saturated carbocycles. The molecule has 676 valence electrons. The molecule has 14 atom stereocenters. The predicted molar refractivity (Wildman–Crippen MR) is 416 cm³/mol. The van der Waals surface area contributed by atoms with Gasteiger partial charge in [-0.25, -0.2) is 0 Å². The molecule has 3 fully saturated rings. The fourth-order valence-electron chi connectivity index (χ4n) is 13.1. The first kappa shape index (κ1) is 103. The Labute approximate surface area is 688 Å². The van der Waals surface area contributed by atoms with Crippen molar-refractivity contribution in [2.24, 2.45) is 0 Å². The molecule has 41 heteroatoms. The van der Waals surface area contributed by atoms with E-state index in [1.165, 1.54) is 37.8 Å². The number of aliphatic hydroxyl groups is 9. The summed E-state index contributed by atoms with van der Waals surface area (Å²) in [7, 11) is 0. The van der Waals surface area contributed by atoms with Crippen molar-refractivity contribution in [3.05, 3.63) is 12.2 Å². The molecule has 4 heterocycles. The van der Waals surface area contributed by atoms with Crippen molar-refractivity contribution in [1.29, 1.82) is 0 Å². The maximum absolute atomic E-state index is 14.0. The SMILES string of the molecule is CC(=O)N[C@H]1[C@H](OCCCCC(=O)NCCCNC(=O)CCOCC(COCCC(=O)NCCCNC(=O)CCCCO[C@@H]2O[C@H](CO)[C@H](O)[C@H](O)[C@H]2NC(C)=O)(COCCC(=O)NCCCNC(=O)CCCCO[C@]2(NC(C)=O)C[C@@H](O)[C@@H](O)[C@@H](CO)O2)NC(=O)CCCCCCCCCCCN2C(=O)C=CC2=O)O[C@H](CO)[C@H](O)[C@@H]1O. The molecule has 0 bridgehead atoms. The smallest absolute Gasteiger partial charge is 0.254 e. The molecule has 0 radical (unpaired) electrons. The van der Waals surface area contributed by atoms with Crippen LogP contribution in [0, 0.1) is 0 Å². The van der Waals surface area contributed by atoms with E-state index in [0.29, 0.717) is 70.8 Å². The molecule has 4 aliphatic heterocycles. The first-order valence-electron chi connectivity index (χ1n) is 41.3. The third-order valence-corrected chi connectivity index (χ3v) is 19.6. The molecule has 12 amide bonds. The predicted octanol–water partition coefficient (Wildman–Crippen LogP) is -4.50. The second-order valence-electron chi connectivity index (χ2n) is 29.9. The summed E-state index contributed by atoms with van der Waals surface area (Å²) >= 11 is 0. The fourth-order valence-corrected chi connectivity index (χ4v) is 13.1. The number of imide groups is 1. The van der Waals surface area contributed by atoms with E-state index < -0.39 is 129 Å². The molecular weight excluding hydrogens is 1560 g/mol. The number of nitrogens with zero attached hydrogens (tertiary/aromatic N) is 1. The lowest BCUT2D eigenvalue weighted by Gasteiger charge is -2.44. The van der Waals surface area contributed by atoms with Crippen molar-refractivity contribution in [1.82, 2.24) is 58.1 Å². The van der Waals surface area contributed by atoms with E-state index >= 15 is 0 Å². The minimum atomic E-state index is -1.79. The first-order chi connectivity index (χ1) is 56.5. The summed E-state index contributed by atoms with van der Waals surface area (Å²) in [6, 6.07) is -2.20. The summed E-state index contributed by atoms with van der Waals surface area (Å²) < 4.78 is 52.3. The highest BCUT2D eigenvalue weighted by molar-refractivity contribution is 6.12. The largest absolute Gasteiger partial charge is 0.394 e. The Balaban J connectivity index is 1.29. The molecule has 41 nitrogen and oxygen atoms in total. The van der Waals surface area contributed by atoms with Gasteiger partial charge in [0.1, 0.15) is 66.5 Å². The maximum Gasteiger partial charge on any atom is 0.254 e. The van der Waals surface area contributed by atoms with Gasteiger partial charge >= 0.3 is 0 Å². The molecule has 3 saturated heterocycles. The Kier molecular flexibility index (Phi) is 51.4. The second kappa shape index (κ2) is 58.8. The van der Waals surface area contributed by atoms with Crippen molar-refractivity contribution in [3.8, 4) is 0 Å². The molecule has 0 aromatic rings. The molecule has 0 aromatic carbocycles. The van der Waals surface area contributed by atoms with Gasteiger partial charge in [0.25, 0.3) is 17.7 Å². The van der Waals surface area contributed by atoms with Crippen molar-refractivity contribution in [2.45, 2.75) is 279 Å². The zero-order valence-corrected chi connectivity index (χ0v) is 68.5. The Hall–Kier alpha value is -7.14. The topological polar surface area (TPSA) is 594 Å². The van der Waals surface area contributed by atoms with E-state index in [1.54, 1.807) is 0 Å². The van der Waals surface area contributed by atoms with Crippen LogP contribution in [-0.2, 0) is 100 Å². The number of hydrogen-bond donors (Lipinski definition) is 19. The van der Waals surface area contributed by atoms with E-state index in [0.717, 1.165) is 51.4 Å². The van der Waals surface area contributed by atoms with Gasteiger partial charge in [0, 0.05) is 137 Å². The highest BCUT2D eigenvalue weighted by Crippen LogP contribution is 2.30. The van der Waals surface area contributed by atoms with Gasteiger partial charge in [0.2, 0.25) is 59.1 Å². The quantitative estimate of drug-likeness (QED) is 0.0155. The highest BCUT2D eigenvalue weighted by atomic mass is 16.7. The van der Waals surface area contributed by atoms with Crippen LogP contribution in [0.4, 0.5) is 0 Å². The summed E-state index contributed by atoms with van der Waals surface area (Å²) in [6.45, 7) is 2.55. The number of nitrogens with one attached hydrogen (secondary N) is 10. The lowest BCUT2D eigenvalue weighted by atomic mass is 9.97. The molecule has 0 spiro atoms. The average molecular weight is 1690 g/mol. The minimum Gasteiger partial charge on any atom is -0.394 e. The van der Waals surface area contributed by atoms with Crippen LogP contribution in [-0.4, -0.2) is 338 Å². The van der Waals surface area contributed by atoms with Crippen molar-refractivity contribution < 1.29 is 146 Å². The van der Waals surface area contributed by atoms with Gasteiger partial charge in [0.05, 0.1) is 78.6 Å². The molecule has 0 unspecified atom stereocenters. The van der Waals surface area contributed by atoms with E-state index in [2.05, 4.69) is 53.2 Å². The van der Waals surface area contributed by atoms with E-state index in [1.807, 2.05) is 0 Å². The standard InChI is InChI=1S/C77H133N11O30/c1-51(92)84-67-72(108)70(106)55(45-89)116-74(67)113-38-16-12-22-58(96)78-31-19-34-81-61(99)28-41-110-48-76(87-64(102)25-11-9-7-5-4-6-8-10-15-37-88-65(103)26-27-66(88)104,49-111-42-29-62(100)82-35-20-32-79-59(97)23-13-17-39-114-75-68(85-52(2)93)73(109)71(107)56(46-90)117-75)50-112-43-30-63(101)83-36-21-33-80-60(98)24-14-18-40-115-77(86-53(3)94)44-54(95)69(105)57(47-91)118-77/h26-27,54-57,67-75,89-91,95,105-109H,4-25,28-50H2,1-3H3,(H,78,96)(H,79,97)(H,80,98)(H,81,99)(H,82,100)(H,83,101)(H,84,92)(H,85,93)(H,86,94)(H,87,102)/t54-,55-,56-,57-,67-,68-,69-,70+,71+,72-,73-,74-,75-,77-/m1/s1. The number of unbranched alkanes of at least 4 members (excludes halogenated alkanes) is 11. The maximum atomic E-state index is 14.0. The molecule has 4 rings (SSSR count). The Morgan fingerprint density at radius 2 is 0.763 bits per heavy atom. The molecule has 19 N–H and O–H groups in total. The summed E-state index contributed by atoms with van der Waals surface area (Å²) in [4.78, 5) is 152. The van der Waals surface area contributed by atoms with Crippen LogP contribution in [0.1, 0.15) is 188 Å². The van der Waals surface area contributed by atoms with Crippen molar-refractivity contribution in [2.75, 3.05) is 125 Å². The summed E-state index contributed by atoms with van der Waals surface area (Å²) in [5, 5.41) is 118. The lowest BCUT2D eigenvalue weighted by molar-refractivity contribution is -0.333. The Morgan fingerprint density at radius 1 is 0.415 bits per heavy atom. The molecule has 4 aliphatic rings. The minimum absolute atomic E-state index is 0.00425. The number of ether oxygens (including phenoxy) is 9. The first-order valence-corrected chi connectivity index (χ1v) is 41.3. The number of aliphatic hydroxyl groups excluding tert-OH is 9. The van der Waals surface area contributed by atoms with Gasteiger partial charge in [-0.3, -0.25) is 62.4 Å². The van der Waals surface area contributed by atoms with E-state index in [9.17, 15) is 103 Å². The number of hydrogen-bond acceptors (Lipinski definition) is 30. The van der Waals surface area contributed by atoms with Gasteiger partial charge < -0.3 is 142 Å².